The zero-order valence-corrected chi connectivity index (χ0v) is 11.8. The van der Waals surface area contributed by atoms with Gasteiger partial charge in [0.25, 0.3) is 0 Å². The summed E-state index contributed by atoms with van der Waals surface area (Å²) in [6, 6.07) is 10.4. The number of para-hydroxylation sites is 1. The normalized spacial score (nSPS) is 15.4. The Hall–Kier alpha value is -2.01. The Bertz CT molecular complexity index is 581. The fraction of sp³-hybridized carbons (Fsp3) is 0.286. The maximum Gasteiger partial charge on any atom is 0.222 e. The summed E-state index contributed by atoms with van der Waals surface area (Å²) in [5.74, 6) is 0.988. The number of nitrogens with zero attached hydrogens (tertiary/aromatic N) is 4. The van der Waals surface area contributed by atoms with Crippen LogP contribution in [-0.2, 0) is 0 Å². The molecule has 0 unspecified atom stereocenters. The Balaban J connectivity index is 1.71. The molecule has 6 heteroatoms. The van der Waals surface area contributed by atoms with Gasteiger partial charge in [-0.05, 0) is 12.1 Å². The minimum Gasteiger partial charge on any atom is -0.368 e. The first-order valence-corrected chi connectivity index (χ1v) is 6.95. The molecule has 1 fully saturated rings. The highest BCUT2D eigenvalue weighted by molar-refractivity contribution is 6.32. The van der Waals surface area contributed by atoms with E-state index in [4.69, 9.17) is 17.3 Å². The average molecular weight is 290 g/mol. The van der Waals surface area contributed by atoms with Crippen LogP contribution in [0.5, 0.6) is 0 Å². The molecule has 0 amide bonds. The molecule has 1 saturated heterocycles. The summed E-state index contributed by atoms with van der Waals surface area (Å²) >= 11 is 6.15. The number of rotatable bonds is 2. The largest absolute Gasteiger partial charge is 0.368 e. The Labute approximate surface area is 123 Å². The Kier molecular flexibility index (Phi) is 3.60. The van der Waals surface area contributed by atoms with Crippen LogP contribution in [0.15, 0.2) is 36.5 Å². The predicted octanol–water partition coefficient (Wildman–Crippen LogP) is 2.04. The van der Waals surface area contributed by atoms with Gasteiger partial charge in [0.05, 0.1) is 6.20 Å². The van der Waals surface area contributed by atoms with Crippen molar-refractivity contribution >= 4 is 29.1 Å². The van der Waals surface area contributed by atoms with E-state index in [1.165, 1.54) is 5.69 Å². The average Bonchev–Trinajstić information content (AvgIpc) is 2.51. The van der Waals surface area contributed by atoms with Crippen LogP contribution in [-0.4, -0.2) is 36.1 Å². The second-order valence-corrected chi connectivity index (χ2v) is 5.12. The molecule has 0 spiro atoms. The van der Waals surface area contributed by atoms with Crippen molar-refractivity contribution in [3.05, 3.63) is 41.6 Å². The van der Waals surface area contributed by atoms with Crippen LogP contribution < -0.4 is 15.5 Å². The first-order valence-electron chi connectivity index (χ1n) is 6.57. The van der Waals surface area contributed by atoms with Crippen molar-refractivity contribution < 1.29 is 0 Å². The Morgan fingerprint density at radius 2 is 1.65 bits per heavy atom. The predicted molar refractivity (Wildman–Crippen MR) is 82.3 cm³/mol. The lowest BCUT2D eigenvalue weighted by Crippen LogP contribution is -2.47. The highest BCUT2D eigenvalue weighted by atomic mass is 35.5. The van der Waals surface area contributed by atoms with E-state index in [0.717, 1.165) is 32.0 Å². The second-order valence-electron chi connectivity index (χ2n) is 4.71. The monoisotopic (exact) mass is 289 g/mol. The van der Waals surface area contributed by atoms with Crippen molar-refractivity contribution in [3.63, 3.8) is 0 Å². The molecule has 1 aliphatic heterocycles. The first kappa shape index (κ1) is 13.0. The SMILES string of the molecule is Nc1ncc(Cl)c(N2CCN(c3ccccc3)CC2)n1. The molecule has 0 bridgehead atoms. The topological polar surface area (TPSA) is 58.3 Å². The van der Waals surface area contributed by atoms with E-state index >= 15 is 0 Å². The fourth-order valence-corrected chi connectivity index (χ4v) is 2.62. The number of aromatic nitrogens is 2. The van der Waals surface area contributed by atoms with E-state index in [2.05, 4.69) is 44.0 Å². The van der Waals surface area contributed by atoms with Crippen LogP contribution in [0, 0.1) is 0 Å². The number of nitrogen functional groups attached to an aromatic ring is 1. The quantitative estimate of drug-likeness (QED) is 0.917. The van der Waals surface area contributed by atoms with Crippen molar-refractivity contribution in [3.8, 4) is 0 Å². The van der Waals surface area contributed by atoms with E-state index in [1.807, 2.05) is 6.07 Å². The third kappa shape index (κ3) is 2.63. The third-order valence-electron chi connectivity index (χ3n) is 3.44. The molecule has 0 atom stereocenters. The minimum absolute atomic E-state index is 0.259. The molecular formula is C14H16ClN5. The van der Waals surface area contributed by atoms with Crippen molar-refractivity contribution in [2.45, 2.75) is 0 Å². The molecular weight excluding hydrogens is 274 g/mol. The standard InChI is InChI=1S/C14H16ClN5/c15-12-10-17-14(16)18-13(12)20-8-6-19(7-9-20)11-4-2-1-3-5-11/h1-5,10H,6-9H2,(H2,16,17,18). The van der Waals surface area contributed by atoms with Gasteiger partial charge in [-0.3, -0.25) is 0 Å². The van der Waals surface area contributed by atoms with Gasteiger partial charge in [-0.1, -0.05) is 29.8 Å². The van der Waals surface area contributed by atoms with Gasteiger partial charge in [0.15, 0.2) is 5.82 Å². The molecule has 0 saturated carbocycles. The summed E-state index contributed by atoms with van der Waals surface area (Å²) in [6.07, 6.45) is 1.56. The first-order chi connectivity index (χ1) is 9.74. The molecule has 1 aromatic heterocycles. The lowest BCUT2D eigenvalue weighted by molar-refractivity contribution is 0.647. The zero-order valence-electron chi connectivity index (χ0n) is 11.0. The highest BCUT2D eigenvalue weighted by Gasteiger charge is 2.20. The van der Waals surface area contributed by atoms with Crippen LogP contribution >= 0.6 is 11.6 Å². The highest BCUT2D eigenvalue weighted by Crippen LogP contribution is 2.25. The summed E-state index contributed by atoms with van der Waals surface area (Å²) in [5.41, 5.74) is 6.88. The molecule has 104 valence electrons. The summed E-state index contributed by atoms with van der Waals surface area (Å²) in [4.78, 5) is 12.6. The fourth-order valence-electron chi connectivity index (χ4n) is 2.41. The number of piperazine rings is 1. The molecule has 3 rings (SSSR count). The van der Waals surface area contributed by atoms with Crippen LogP contribution in [0.25, 0.3) is 0 Å². The summed E-state index contributed by atoms with van der Waals surface area (Å²) in [5, 5.41) is 0.548. The third-order valence-corrected chi connectivity index (χ3v) is 3.71. The van der Waals surface area contributed by atoms with Gasteiger partial charge in [-0.2, -0.15) is 4.98 Å². The van der Waals surface area contributed by atoms with Crippen molar-refractivity contribution in [1.82, 2.24) is 9.97 Å². The molecule has 1 aliphatic rings. The molecule has 0 radical (unpaired) electrons. The number of benzene rings is 1. The van der Waals surface area contributed by atoms with E-state index in [1.54, 1.807) is 6.20 Å². The van der Waals surface area contributed by atoms with Gasteiger partial charge in [0, 0.05) is 31.9 Å². The van der Waals surface area contributed by atoms with Crippen molar-refractivity contribution in [2.24, 2.45) is 0 Å². The van der Waals surface area contributed by atoms with E-state index in [-0.39, 0.29) is 5.95 Å². The van der Waals surface area contributed by atoms with Crippen LogP contribution in [0.2, 0.25) is 5.02 Å². The van der Waals surface area contributed by atoms with Crippen molar-refractivity contribution in [2.75, 3.05) is 41.7 Å². The molecule has 2 N–H and O–H groups in total. The maximum absolute atomic E-state index is 6.15. The molecule has 0 aliphatic carbocycles. The van der Waals surface area contributed by atoms with E-state index in [0.29, 0.717) is 5.02 Å². The van der Waals surface area contributed by atoms with Crippen LogP contribution in [0.1, 0.15) is 0 Å². The van der Waals surface area contributed by atoms with Crippen LogP contribution in [0.4, 0.5) is 17.5 Å². The van der Waals surface area contributed by atoms with Gasteiger partial charge < -0.3 is 15.5 Å². The lowest BCUT2D eigenvalue weighted by Gasteiger charge is -2.37. The Morgan fingerprint density at radius 1 is 1.00 bits per heavy atom. The van der Waals surface area contributed by atoms with Crippen molar-refractivity contribution in [1.29, 1.82) is 0 Å². The molecule has 1 aromatic carbocycles. The number of anilines is 3. The lowest BCUT2D eigenvalue weighted by atomic mass is 10.2. The molecule has 2 aromatic rings. The number of hydrogen-bond acceptors (Lipinski definition) is 5. The van der Waals surface area contributed by atoms with Gasteiger partial charge in [0.1, 0.15) is 5.02 Å². The van der Waals surface area contributed by atoms with Gasteiger partial charge in [-0.15, -0.1) is 0 Å². The van der Waals surface area contributed by atoms with Gasteiger partial charge >= 0.3 is 0 Å². The Morgan fingerprint density at radius 3 is 2.35 bits per heavy atom. The van der Waals surface area contributed by atoms with Crippen LogP contribution in [0.3, 0.4) is 0 Å². The minimum atomic E-state index is 0.259. The summed E-state index contributed by atoms with van der Waals surface area (Å²) in [7, 11) is 0. The summed E-state index contributed by atoms with van der Waals surface area (Å²) in [6.45, 7) is 3.60. The van der Waals surface area contributed by atoms with Gasteiger partial charge in [-0.25, -0.2) is 4.98 Å². The zero-order chi connectivity index (χ0) is 13.9. The van der Waals surface area contributed by atoms with E-state index in [9.17, 15) is 0 Å². The molecule has 5 nitrogen and oxygen atoms in total. The maximum atomic E-state index is 6.15. The molecule has 2 heterocycles. The number of hydrogen-bond donors (Lipinski definition) is 1. The second kappa shape index (κ2) is 5.54. The summed E-state index contributed by atoms with van der Waals surface area (Å²) < 4.78 is 0. The van der Waals surface area contributed by atoms with E-state index < -0.39 is 0 Å². The molecule has 20 heavy (non-hydrogen) atoms. The smallest absolute Gasteiger partial charge is 0.222 e. The number of halogens is 1. The van der Waals surface area contributed by atoms with Gasteiger partial charge in [0.2, 0.25) is 5.95 Å². The number of nitrogens with two attached hydrogens (primary N) is 1.